The number of hydrogen-bond donors (Lipinski definition) is 1. The highest BCUT2D eigenvalue weighted by atomic mass is 15.1. The Labute approximate surface area is 134 Å². The van der Waals surface area contributed by atoms with Crippen LogP contribution in [0.25, 0.3) is 34.3 Å². The van der Waals surface area contributed by atoms with Crippen LogP contribution in [-0.2, 0) is 0 Å². The lowest BCUT2D eigenvalue weighted by molar-refractivity contribution is 1.12. The molecule has 2 aromatic heterocycles. The van der Waals surface area contributed by atoms with Gasteiger partial charge in [-0.1, -0.05) is 66.7 Å². The molecule has 0 bridgehead atoms. The summed E-state index contributed by atoms with van der Waals surface area (Å²) < 4.78 is 0. The molecule has 3 heteroatoms. The van der Waals surface area contributed by atoms with E-state index in [4.69, 9.17) is 0 Å². The van der Waals surface area contributed by atoms with Gasteiger partial charge < -0.3 is 0 Å². The van der Waals surface area contributed by atoms with Gasteiger partial charge in [-0.15, -0.1) is 0 Å². The Kier molecular flexibility index (Phi) is 3.45. The Morgan fingerprint density at radius 1 is 0.783 bits per heavy atom. The van der Waals surface area contributed by atoms with Gasteiger partial charge in [0.05, 0.1) is 16.6 Å². The molecule has 2 aromatic carbocycles. The summed E-state index contributed by atoms with van der Waals surface area (Å²) in [5.74, 6) is 0. The van der Waals surface area contributed by atoms with Crippen LogP contribution in [0.1, 0.15) is 11.3 Å². The molecule has 4 rings (SSSR count). The lowest BCUT2D eigenvalue weighted by atomic mass is 10.1. The smallest absolute Gasteiger partial charge is 0.102 e. The normalized spacial score (nSPS) is 11.3. The fourth-order valence-electron chi connectivity index (χ4n) is 2.66. The number of fused-ring (bicyclic) bond motifs is 1. The molecule has 0 aliphatic carbocycles. The van der Waals surface area contributed by atoms with Crippen LogP contribution in [0.5, 0.6) is 0 Å². The van der Waals surface area contributed by atoms with Crippen molar-refractivity contribution in [1.82, 2.24) is 15.2 Å². The average molecular weight is 297 g/mol. The van der Waals surface area contributed by atoms with Gasteiger partial charge in [0.1, 0.15) is 5.69 Å². The van der Waals surface area contributed by atoms with E-state index in [0.717, 1.165) is 33.4 Å². The highest BCUT2D eigenvalue weighted by Crippen LogP contribution is 2.28. The Balaban J connectivity index is 1.84. The lowest BCUT2D eigenvalue weighted by Crippen LogP contribution is -1.84. The van der Waals surface area contributed by atoms with Crippen molar-refractivity contribution < 1.29 is 0 Å². The summed E-state index contributed by atoms with van der Waals surface area (Å²) in [6.45, 7) is 0. The predicted octanol–water partition coefficient (Wildman–Crippen LogP) is 4.80. The summed E-state index contributed by atoms with van der Waals surface area (Å²) in [5.41, 5.74) is 5.07. The minimum absolute atomic E-state index is 0.916. The molecule has 1 N–H and O–H groups in total. The molecule has 0 amide bonds. The van der Waals surface area contributed by atoms with E-state index >= 15 is 0 Å². The fourth-order valence-corrected chi connectivity index (χ4v) is 2.66. The van der Waals surface area contributed by atoms with Crippen molar-refractivity contribution in [2.75, 3.05) is 0 Å². The zero-order valence-corrected chi connectivity index (χ0v) is 12.5. The third-order valence-corrected chi connectivity index (χ3v) is 3.79. The van der Waals surface area contributed by atoms with Crippen LogP contribution >= 0.6 is 0 Å². The molecule has 0 fully saturated rings. The summed E-state index contributed by atoms with van der Waals surface area (Å²) >= 11 is 0. The molecule has 23 heavy (non-hydrogen) atoms. The number of aromatic nitrogens is 3. The molecular weight excluding hydrogens is 282 g/mol. The summed E-state index contributed by atoms with van der Waals surface area (Å²) in [6.07, 6.45) is 5.92. The Morgan fingerprint density at radius 2 is 1.52 bits per heavy atom. The van der Waals surface area contributed by atoms with Crippen LogP contribution in [0.2, 0.25) is 0 Å². The second-order valence-corrected chi connectivity index (χ2v) is 5.30. The highest BCUT2D eigenvalue weighted by molar-refractivity contribution is 5.98. The second-order valence-electron chi connectivity index (χ2n) is 5.30. The van der Waals surface area contributed by atoms with E-state index in [0.29, 0.717) is 0 Å². The molecule has 0 saturated carbocycles. The van der Waals surface area contributed by atoms with Crippen LogP contribution in [-0.4, -0.2) is 15.2 Å². The van der Waals surface area contributed by atoms with Crippen LogP contribution in [0.15, 0.2) is 72.9 Å². The van der Waals surface area contributed by atoms with Crippen molar-refractivity contribution in [3.05, 3.63) is 84.2 Å². The summed E-state index contributed by atoms with van der Waals surface area (Å²) in [4.78, 5) is 4.53. The first-order chi connectivity index (χ1) is 11.4. The molecular formula is C20H15N3. The van der Waals surface area contributed by atoms with Crippen molar-refractivity contribution in [3.8, 4) is 11.3 Å². The predicted molar refractivity (Wildman–Crippen MR) is 94.7 cm³/mol. The number of benzene rings is 2. The summed E-state index contributed by atoms with van der Waals surface area (Å²) in [5, 5.41) is 8.63. The molecule has 0 radical (unpaired) electrons. The molecule has 0 aliphatic rings. The highest BCUT2D eigenvalue weighted by Gasteiger charge is 2.11. The Bertz CT molecular complexity index is 954. The minimum atomic E-state index is 0.916. The van der Waals surface area contributed by atoms with Gasteiger partial charge in [-0.2, -0.15) is 5.10 Å². The van der Waals surface area contributed by atoms with Crippen LogP contribution in [0.4, 0.5) is 0 Å². The van der Waals surface area contributed by atoms with E-state index in [1.165, 1.54) is 0 Å². The lowest BCUT2D eigenvalue weighted by Gasteiger charge is -2.00. The first-order valence-electron chi connectivity index (χ1n) is 7.53. The molecule has 0 aliphatic heterocycles. The molecule has 4 aromatic rings. The number of nitrogens with one attached hydrogen (secondary N) is 1. The van der Waals surface area contributed by atoms with Crippen molar-refractivity contribution in [2.45, 2.75) is 0 Å². The number of rotatable bonds is 3. The fraction of sp³-hybridized carbons (Fsp3) is 0. The van der Waals surface area contributed by atoms with Crippen molar-refractivity contribution in [2.24, 2.45) is 0 Å². The van der Waals surface area contributed by atoms with Gasteiger partial charge in [-0.3, -0.25) is 10.1 Å². The molecule has 0 atom stereocenters. The summed E-state index contributed by atoms with van der Waals surface area (Å²) in [6, 6.07) is 22.3. The second kappa shape index (κ2) is 5.89. The first kappa shape index (κ1) is 13.5. The van der Waals surface area contributed by atoms with Gasteiger partial charge in [0.2, 0.25) is 0 Å². The third kappa shape index (κ3) is 2.64. The van der Waals surface area contributed by atoms with Gasteiger partial charge in [0, 0.05) is 11.8 Å². The molecule has 0 spiro atoms. The minimum Gasteiger partial charge on any atom is -0.277 e. The van der Waals surface area contributed by atoms with E-state index < -0.39 is 0 Å². The SMILES string of the molecule is C(=C\c1nccc2[nH]nc(-c3ccccc3)c12)/c1ccccc1. The monoisotopic (exact) mass is 297 g/mol. The van der Waals surface area contributed by atoms with E-state index in [9.17, 15) is 0 Å². The van der Waals surface area contributed by atoms with Crippen molar-refractivity contribution >= 4 is 23.1 Å². The number of pyridine rings is 1. The number of H-pyrrole nitrogens is 1. The van der Waals surface area contributed by atoms with E-state index in [1.54, 1.807) is 6.20 Å². The maximum absolute atomic E-state index is 4.53. The topological polar surface area (TPSA) is 41.6 Å². The molecule has 2 heterocycles. The van der Waals surface area contributed by atoms with E-state index in [1.807, 2.05) is 48.5 Å². The Hall–Kier alpha value is -3.20. The standard InChI is InChI=1S/C20H15N3/c1-3-7-15(8-4-1)11-12-17-19-18(13-14-21-17)22-23-20(19)16-9-5-2-6-10-16/h1-14H,(H,22,23)/b12-11+. The van der Waals surface area contributed by atoms with Gasteiger partial charge >= 0.3 is 0 Å². The van der Waals surface area contributed by atoms with Gasteiger partial charge in [-0.05, 0) is 17.7 Å². The first-order valence-corrected chi connectivity index (χ1v) is 7.53. The van der Waals surface area contributed by atoms with E-state index in [2.05, 4.69) is 45.5 Å². The quantitative estimate of drug-likeness (QED) is 0.590. The van der Waals surface area contributed by atoms with Gasteiger partial charge in [0.25, 0.3) is 0 Å². The Morgan fingerprint density at radius 3 is 2.30 bits per heavy atom. The maximum atomic E-state index is 4.53. The van der Waals surface area contributed by atoms with Crippen molar-refractivity contribution in [1.29, 1.82) is 0 Å². The zero-order valence-electron chi connectivity index (χ0n) is 12.5. The molecule has 0 unspecified atom stereocenters. The van der Waals surface area contributed by atoms with Crippen LogP contribution in [0.3, 0.4) is 0 Å². The number of aromatic amines is 1. The zero-order chi connectivity index (χ0) is 15.5. The van der Waals surface area contributed by atoms with Gasteiger partial charge in [0.15, 0.2) is 0 Å². The average Bonchev–Trinajstić information content (AvgIpc) is 3.06. The van der Waals surface area contributed by atoms with Gasteiger partial charge in [-0.25, -0.2) is 0 Å². The van der Waals surface area contributed by atoms with E-state index in [-0.39, 0.29) is 0 Å². The molecule has 0 saturated heterocycles. The van der Waals surface area contributed by atoms with Crippen LogP contribution < -0.4 is 0 Å². The summed E-state index contributed by atoms with van der Waals surface area (Å²) in [7, 11) is 0. The molecule has 110 valence electrons. The number of hydrogen-bond acceptors (Lipinski definition) is 2. The maximum Gasteiger partial charge on any atom is 0.102 e. The number of nitrogens with zero attached hydrogens (tertiary/aromatic N) is 2. The molecule has 3 nitrogen and oxygen atoms in total. The van der Waals surface area contributed by atoms with Crippen LogP contribution in [0, 0.1) is 0 Å². The third-order valence-electron chi connectivity index (χ3n) is 3.79. The largest absolute Gasteiger partial charge is 0.277 e. The van der Waals surface area contributed by atoms with Crippen molar-refractivity contribution in [3.63, 3.8) is 0 Å².